The highest BCUT2D eigenvalue weighted by atomic mass is 32.2. The minimum Gasteiger partial charge on any atom is -0.459 e. The summed E-state index contributed by atoms with van der Waals surface area (Å²) >= 11 is 0. The molecule has 1 N–H and O–H groups in total. The van der Waals surface area contributed by atoms with E-state index in [2.05, 4.69) is 10.2 Å². The SMILES string of the molecule is CS(=O)(=O)N1CCN(c2cccc(NC(=O)c3ccco3)c2)CC1. The molecule has 3 rings (SSSR count). The van der Waals surface area contributed by atoms with Gasteiger partial charge in [0.25, 0.3) is 5.91 Å². The van der Waals surface area contributed by atoms with E-state index in [0.717, 1.165) is 5.69 Å². The predicted molar refractivity (Wildman–Crippen MR) is 91.7 cm³/mol. The smallest absolute Gasteiger partial charge is 0.291 e. The van der Waals surface area contributed by atoms with Crippen LogP contribution in [0.2, 0.25) is 0 Å². The number of carbonyl (C=O) groups is 1. The fourth-order valence-corrected chi connectivity index (χ4v) is 3.49. The van der Waals surface area contributed by atoms with Crippen LogP contribution >= 0.6 is 0 Å². The van der Waals surface area contributed by atoms with Crippen LogP contribution in [-0.2, 0) is 10.0 Å². The molecular weight excluding hydrogens is 330 g/mol. The van der Waals surface area contributed by atoms with Crippen molar-refractivity contribution in [3.63, 3.8) is 0 Å². The number of sulfonamides is 1. The summed E-state index contributed by atoms with van der Waals surface area (Å²) in [7, 11) is -3.14. The second-order valence-electron chi connectivity index (χ2n) is 5.63. The highest BCUT2D eigenvalue weighted by Gasteiger charge is 2.23. The Morgan fingerprint density at radius 2 is 1.88 bits per heavy atom. The van der Waals surface area contributed by atoms with E-state index in [0.29, 0.717) is 31.9 Å². The van der Waals surface area contributed by atoms with Gasteiger partial charge in [0.15, 0.2) is 5.76 Å². The Morgan fingerprint density at radius 1 is 1.12 bits per heavy atom. The number of anilines is 2. The summed E-state index contributed by atoms with van der Waals surface area (Å²) in [5.41, 5.74) is 1.61. The molecule has 8 heteroatoms. The number of piperazine rings is 1. The molecule has 1 aromatic heterocycles. The van der Waals surface area contributed by atoms with Gasteiger partial charge in [-0.05, 0) is 30.3 Å². The molecule has 1 saturated heterocycles. The molecule has 0 aliphatic carbocycles. The molecule has 7 nitrogen and oxygen atoms in total. The summed E-state index contributed by atoms with van der Waals surface area (Å²) in [6.45, 7) is 2.15. The molecule has 0 radical (unpaired) electrons. The highest BCUT2D eigenvalue weighted by molar-refractivity contribution is 7.88. The van der Waals surface area contributed by atoms with Gasteiger partial charge in [-0.3, -0.25) is 4.79 Å². The molecule has 0 spiro atoms. The van der Waals surface area contributed by atoms with Crippen molar-refractivity contribution in [2.75, 3.05) is 42.7 Å². The summed E-state index contributed by atoms with van der Waals surface area (Å²) in [5.74, 6) is -0.0544. The van der Waals surface area contributed by atoms with Gasteiger partial charge in [-0.1, -0.05) is 6.07 Å². The Labute approximate surface area is 140 Å². The van der Waals surface area contributed by atoms with Crippen LogP contribution in [0.3, 0.4) is 0 Å². The van der Waals surface area contributed by atoms with Crippen LogP contribution in [-0.4, -0.2) is 51.1 Å². The standard InChI is InChI=1S/C16H19N3O4S/c1-24(21,22)19-9-7-18(8-10-19)14-5-2-4-13(12-14)17-16(20)15-6-3-11-23-15/h2-6,11-12H,7-10H2,1H3,(H,17,20). The maximum Gasteiger partial charge on any atom is 0.291 e. The number of hydrogen-bond acceptors (Lipinski definition) is 5. The third-order valence-corrected chi connectivity index (χ3v) is 5.22. The second-order valence-corrected chi connectivity index (χ2v) is 7.61. The fourth-order valence-electron chi connectivity index (χ4n) is 2.66. The molecule has 2 heterocycles. The largest absolute Gasteiger partial charge is 0.459 e. The van der Waals surface area contributed by atoms with Gasteiger partial charge in [0.2, 0.25) is 10.0 Å². The lowest BCUT2D eigenvalue weighted by Gasteiger charge is -2.34. The molecule has 0 saturated carbocycles. The average Bonchev–Trinajstić information content (AvgIpc) is 3.09. The van der Waals surface area contributed by atoms with E-state index in [9.17, 15) is 13.2 Å². The quantitative estimate of drug-likeness (QED) is 0.907. The lowest BCUT2D eigenvalue weighted by molar-refractivity contribution is 0.0996. The molecule has 2 aromatic rings. The van der Waals surface area contributed by atoms with Gasteiger partial charge in [-0.25, -0.2) is 8.42 Å². The molecule has 1 fully saturated rings. The van der Waals surface area contributed by atoms with E-state index in [1.807, 2.05) is 18.2 Å². The number of nitrogens with one attached hydrogen (secondary N) is 1. The van der Waals surface area contributed by atoms with E-state index >= 15 is 0 Å². The number of amides is 1. The van der Waals surface area contributed by atoms with Gasteiger partial charge in [0.05, 0.1) is 12.5 Å². The Bertz CT molecular complexity index is 810. The van der Waals surface area contributed by atoms with Crippen LogP contribution in [0.15, 0.2) is 47.1 Å². The minimum absolute atomic E-state index is 0.252. The molecular formula is C16H19N3O4S. The maximum absolute atomic E-state index is 12.0. The molecule has 0 unspecified atom stereocenters. The molecule has 128 valence electrons. The van der Waals surface area contributed by atoms with Crippen molar-refractivity contribution in [1.82, 2.24) is 4.31 Å². The van der Waals surface area contributed by atoms with E-state index in [4.69, 9.17) is 4.42 Å². The topological polar surface area (TPSA) is 82.9 Å². The number of benzene rings is 1. The Hall–Kier alpha value is -2.32. The van der Waals surface area contributed by atoms with Crippen molar-refractivity contribution in [1.29, 1.82) is 0 Å². The monoisotopic (exact) mass is 349 g/mol. The molecule has 1 aliphatic rings. The highest BCUT2D eigenvalue weighted by Crippen LogP contribution is 2.22. The van der Waals surface area contributed by atoms with Gasteiger partial charge in [-0.15, -0.1) is 0 Å². The van der Waals surface area contributed by atoms with Gasteiger partial charge in [0, 0.05) is 37.6 Å². The second kappa shape index (κ2) is 6.66. The lowest BCUT2D eigenvalue weighted by Crippen LogP contribution is -2.48. The van der Waals surface area contributed by atoms with Crippen molar-refractivity contribution in [2.45, 2.75) is 0 Å². The first kappa shape index (κ1) is 16.5. The summed E-state index contributed by atoms with van der Waals surface area (Å²) in [4.78, 5) is 14.1. The van der Waals surface area contributed by atoms with Crippen molar-refractivity contribution >= 4 is 27.3 Å². The Balaban J connectivity index is 1.67. The van der Waals surface area contributed by atoms with Gasteiger partial charge in [0.1, 0.15) is 0 Å². The van der Waals surface area contributed by atoms with Gasteiger partial charge in [-0.2, -0.15) is 4.31 Å². The van der Waals surface area contributed by atoms with E-state index in [1.165, 1.54) is 16.8 Å². The molecule has 0 bridgehead atoms. The zero-order valence-corrected chi connectivity index (χ0v) is 14.1. The maximum atomic E-state index is 12.0. The number of nitrogens with zero attached hydrogens (tertiary/aromatic N) is 2. The first-order valence-corrected chi connectivity index (χ1v) is 9.43. The third-order valence-electron chi connectivity index (χ3n) is 3.92. The number of rotatable bonds is 4. The van der Waals surface area contributed by atoms with Crippen LogP contribution in [0.5, 0.6) is 0 Å². The van der Waals surface area contributed by atoms with Gasteiger partial charge < -0.3 is 14.6 Å². The van der Waals surface area contributed by atoms with Crippen molar-refractivity contribution in [3.8, 4) is 0 Å². The predicted octanol–water partition coefficient (Wildman–Crippen LogP) is 1.61. The summed E-state index contributed by atoms with van der Waals surface area (Å²) < 4.78 is 29.7. The van der Waals surface area contributed by atoms with Crippen LogP contribution in [0.25, 0.3) is 0 Å². The number of hydrogen-bond donors (Lipinski definition) is 1. The van der Waals surface area contributed by atoms with Crippen LogP contribution in [0.4, 0.5) is 11.4 Å². The molecule has 1 aliphatic heterocycles. The van der Waals surface area contributed by atoms with Crippen LogP contribution < -0.4 is 10.2 Å². The van der Waals surface area contributed by atoms with Crippen LogP contribution in [0, 0.1) is 0 Å². The van der Waals surface area contributed by atoms with E-state index in [-0.39, 0.29) is 11.7 Å². The van der Waals surface area contributed by atoms with E-state index < -0.39 is 10.0 Å². The zero-order valence-electron chi connectivity index (χ0n) is 13.3. The first-order valence-electron chi connectivity index (χ1n) is 7.58. The first-order chi connectivity index (χ1) is 11.4. The van der Waals surface area contributed by atoms with Crippen LogP contribution in [0.1, 0.15) is 10.6 Å². The molecule has 24 heavy (non-hydrogen) atoms. The number of furan rings is 1. The average molecular weight is 349 g/mol. The Kier molecular flexibility index (Phi) is 4.59. The molecule has 1 amide bonds. The van der Waals surface area contributed by atoms with Crippen molar-refractivity contribution in [2.24, 2.45) is 0 Å². The minimum atomic E-state index is -3.14. The fraction of sp³-hybridized carbons (Fsp3) is 0.312. The zero-order chi connectivity index (χ0) is 17.2. The summed E-state index contributed by atoms with van der Waals surface area (Å²) in [6, 6.07) is 10.7. The molecule has 0 atom stereocenters. The van der Waals surface area contributed by atoms with Crippen molar-refractivity contribution < 1.29 is 17.6 Å². The Morgan fingerprint density at radius 3 is 2.50 bits per heavy atom. The van der Waals surface area contributed by atoms with E-state index in [1.54, 1.807) is 18.2 Å². The lowest BCUT2D eigenvalue weighted by atomic mass is 10.2. The van der Waals surface area contributed by atoms with Gasteiger partial charge >= 0.3 is 0 Å². The number of carbonyl (C=O) groups excluding carboxylic acids is 1. The van der Waals surface area contributed by atoms with Crippen molar-refractivity contribution in [3.05, 3.63) is 48.4 Å². The summed E-state index contributed by atoms with van der Waals surface area (Å²) in [5, 5.41) is 2.79. The molecule has 1 aromatic carbocycles. The third kappa shape index (κ3) is 3.77. The summed E-state index contributed by atoms with van der Waals surface area (Å²) in [6.07, 6.45) is 2.68. The normalized spacial score (nSPS) is 16.1.